The minimum Gasteiger partial charge on any atom is -0.481 e. The third-order valence-electron chi connectivity index (χ3n) is 15.5. The van der Waals surface area contributed by atoms with E-state index < -0.39 is 11.4 Å². The van der Waals surface area contributed by atoms with Crippen molar-refractivity contribution in [3.63, 3.8) is 0 Å². The average molecular weight is 589 g/mol. The van der Waals surface area contributed by atoms with Gasteiger partial charge in [-0.05, 0) is 128 Å². The number of hydrogen-bond donors (Lipinski definition) is 1. The maximum absolute atomic E-state index is 13.4. The zero-order chi connectivity index (χ0) is 31.2. The molecule has 5 fully saturated rings. The van der Waals surface area contributed by atoms with Gasteiger partial charge in [-0.3, -0.25) is 9.59 Å². The van der Waals surface area contributed by atoms with Gasteiger partial charge in [-0.2, -0.15) is 0 Å². The number of carboxylic acids is 1. The van der Waals surface area contributed by atoms with Gasteiger partial charge in [0.15, 0.2) is 0 Å². The molecule has 0 saturated heterocycles. The minimum absolute atomic E-state index is 0.0159. The van der Waals surface area contributed by atoms with Crippen LogP contribution in [-0.4, -0.2) is 23.1 Å². The molecule has 6 rings (SSSR count). The van der Waals surface area contributed by atoms with Crippen molar-refractivity contribution >= 4 is 11.9 Å². The molecule has 5 aliphatic carbocycles. The number of carbonyl (C=O) groups excluding carboxylic acids is 1. The highest BCUT2D eigenvalue weighted by molar-refractivity contribution is 5.76. The molecule has 0 aromatic heterocycles. The smallest absolute Gasteiger partial charge is 0.309 e. The first-order chi connectivity index (χ1) is 20.1. The Morgan fingerprint density at radius 1 is 0.837 bits per heavy atom. The van der Waals surface area contributed by atoms with E-state index >= 15 is 0 Å². The molecular weight excluding hydrogens is 532 g/mol. The maximum Gasteiger partial charge on any atom is 0.309 e. The summed E-state index contributed by atoms with van der Waals surface area (Å²) in [6.45, 7) is 20.8. The fourth-order valence-electron chi connectivity index (χ4n) is 13.3. The van der Waals surface area contributed by atoms with Crippen LogP contribution in [0.15, 0.2) is 42.5 Å². The van der Waals surface area contributed by atoms with Crippen molar-refractivity contribution < 1.29 is 19.4 Å². The second-order valence-electron chi connectivity index (χ2n) is 17.2. The lowest BCUT2D eigenvalue weighted by molar-refractivity contribution is -0.253. The molecule has 0 spiro atoms. The number of hydrogen-bond acceptors (Lipinski definition) is 3. The Bertz CT molecular complexity index is 1300. The summed E-state index contributed by atoms with van der Waals surface area (Å²) in [7, 11) is 0. The van der Waals surface area contributed by atoms with Crippen LogP contribution in [0.25, 0.3) is 0 Å². The van der Waals surface area contributed by atoms with Crippen LogP contribution in [0.5, 0.6) is 0 Å². The fourth-order valence-corrected chi connectivity index (χ4v) is 13.3. The third kappa shape index (κ3) is 4.05. The van der Waals surface area contributed by atoms with E-state index in [1.54, 1.807) is 6.92 Å². The minimum atomic E-state index is -0.660. The summed E-state index contributed by atoms with van der Waals surface area (Å²) in [6, 6.07) is 10.8. The predicted molar refractivity (Wildman–Crippen MR) is 171 cm³/mol. The molecule has 4 heteroatoms. The highest BCUT2D eigenvalue weighted by Gasteiger charge is 2.74. The van der Waals surface area contributed by atoms with E-state index in [2.05, 4.69) is 78.5 Å². The SMILES string of the molecule is C=C(C)[C@@]1(Cc2ccccc2)CC[C@@]2(C(=O)O)CC[C@]3(C)[C@H](CC[C@@H]4[C@@]5(C)CC[C@H](OC(C)=O)C(C)(C)[C@@H]5CC[C@]43C)[C@H]12. The molecule has 0 aliphatic heterocycles. The lowest BCUT2D eigenvalue weighted by Gasteiger charge is -2.73. The summed E-state index contributed by atoms with van der Waals surface area (Å²) in [5, 5.41) is 11.0. The fraction of sp³-hybridized carbons (Fsp3) is 0.744. The lowest BCUT2D eigenvalue weighted by Crippen LogP contribution is -2.67. The van der Waals surface area contributed by atoms with Gasteiger partial charge in [0, 0.05) is 12.3 Å². The molecule has 5 saturated carbocycles. The first-order valence-electron chi connectivity index (χ1n) is 17.2. The van der Waals surface area contributed by atoms with Crippen molar-refractivity contribution in [2.24, 2.45) is 56.2 Å². The first kappa shape index (κ1) is 30.9. The normalized spacial score (nSPS) is 46.4. The van der Waals surface area contributed by atoms with Gasteiger partial charge < -0.3 is 9.84 Å². The van der Waals surface area contributed by atoms with Crippen molar-refractivity contribution in [1.82, 2.24) is 0 Å². The Hall–Kier alpha value is -2.10. The number of carboxylic acid groups (broad SMARTS) is 1. The van der Waals surface area contributed by atoms with Gasteiger partial charge in [0.1, 0.15) is 6.10 Å². The Balaban J connectivity index is 1.41. The van der Waals surface area contributed by atoms with Crippen LogP contribution in [-0.2, 0) is 20.7 Å². The molecule has 236 valence electrons. The highest BCUT2D eigenvalue weighted by atomic mass is 16.5. The van der Waals surface area contributed by atoms with Crippen molar-refractivity contribution in [3.8, 4) is 0 Å². The van der Waals surface area contributed by atoms with E-state index in [1.165, 1.54) is 24.0 Å². The number of fused-ring (bicyclic) bond motifs is 7. The van der Waals surface area contributed by atoms with Gasteiger partial charge >= 0.3 is 11.9 Å². The van der Waals surface area contributed by atoms with Gasteiger partial charge in [-0.15, -0.1) is 0 Å². The van der Waals surface area contributed by atoms with Crippen LogP contribution in [0.1, 0.15) is 118 Å². The van der Waals surface area contributed by atoms with Gasteiger partial charge in [-0.1, -0.05) is 77.1 Å². The number of rotatable bonds is 5. The van der Waals surface area contributed by atoms with Crippen LogP contribution in [0, 0.1) is 56.2 Å². The highest BCUT2D eigenvalue weighted by Crippen LogP contribution is 2.79. The third-order valence-corrected chi connectivity index (χ3v) is 15.5. The number of benzene rings is 1. The van der Waals surface area contributed by atoms with E-state index in [-0.39, 0.29) is 45.1 Å². The molecule has 0 bridgehead atoms. The Kier molecular flexibility index (Phi) is 7.15. The molecule has 0 radical (unpaired) electrons. The van der Waals surface area contributed by atoms with E-state index in [0.29, 0.717) is 17.8 Å². The quantitative estimate of drug-likeness (QED) is 0.275. The number of aliphatic carboxylic acids is 1. The van der Waals surface area contributed by atoms with E-state index in [0.717, 1.165) is 57.8 Å². The molecule has 0 unspecified atom stereocenters. The zero-order valence-electron chi connectivity index (χ0n) is 27.9. The van der Waals surface area contributed by atoms with Crippen molar-refractivity contribution in [2.75, 3.05) is 0 Å². The standard InChI is InChI=1S/C39H56O4/c1-25(2)39(24-27-12-10-9-11-13-27)23-22-38(33(41)42)21-20-36(7)28(32(38)39)14-15-30-35(6)18-17-31(43-26(3)40)34(4,5)29(35)16-19-37(30,36)8/h9-13,28-32H,1,14-24H2,2-8H3,(H,41,42)/t28-,29+,30-,31+,32+,35+,36-,37-,38+,39+/m1/s1. The molecule has 0 amide bonds. The first-order valence-corrected chi connectivity index (χ1v) is 17.2. The summed E-state index contributed by atoms with van der Waals surface area (Å²) in [4.78, 5) is 25.4. The Labute approximate surface area is 260 Å². The Morgan fingerprint density at radius 2 is 1.51 bits per heavy atom. The van der Waals surface area contributed by atoms with Crippen LogP contribution in [0.4, 0.5) is 0 Å². The molecule has 43 heavy (non-hydrogen) atoms. The number of esters is 1. The average Bonchev–Trinajstić information content (AvgIpc) is 3.28. The zero-order valence-corrected chi connectivity index (χ0v) is 27.9. The summed E-state index contributed by atoms with van der Waals surface area (Å²) in [5.74, 6) is 0.846. The number of carbonyl (C=O) groups is 2. The molecule has 1 aromatic carbocycles. The molecule has 1 aromatic rings. The van der Waals surface area contributed by atoms with Gasteiger partial charge in [0.05, 0.1) is 5.41 Å². The molecule has 10 atom stereocenters. The van der Waals surface area contributed by atoms with Crippen LogP contribution >= 0.6 is 0 Å². The molecule has 5 aliphatic rings. The number of ether oxygens (including phenoxy) is 1. The van der Waals surface area contributed by atoms with Crippen LogP contribution < -0.4 is 0 Å². The topological polar surface area (TPSA) is 63.6 Å². The second kappa shape index (κ2) is 9.95. The number of allylic oxidation sites excluding steroid dienone is 1. The predicted octanol–water partition coefficient (Wildman–Crippen LogP) is 9.27. The summed E-state index contributed by atoms with van der Waals surface area (Å²) < 4.78 is 5.94. The molecule has 1 N–H and O–H groups in total. The van der Waals surface area contributed by atoms with Gasteiger partial charge in [-0.25, -0.2) is 0 Å². The van der Waals surface area contributed by atoms with E-state index in [9.17, 15) is 14.7 Å². The molecule has 0 heterocycles. The van der Waals surface area contributed by atoms with Crippen molar-refractivity contribution in [3.05, 3.63) is 48.0 Å². The summed E-state index contributed by atoms with van der Waals surface area (Å²) in [6.07, 6.45) is 11.0. The monoisotopic (exact) mass is 588 g/mol. The second-order valence-corrected chi connectivity index (χ2v) is 17.2. The summed E-state index contributed by atoms with van der Waals surface area (Å²) in [5.41, 5.74) is 1.98. The van der Waals surface area contributed by atoms with Crippen LogP contribution in [0.2, 0.25) is 0 Å². The Morgan fingerprint density at radius 3 is 2.14 bits per heavy atom. The maximum atomic E-state index is 13.4. The van der Waals surface area contributed by atoms with Crippen molar-refractivity contribution in [2.45, 2.75) is 125 Å². The van der Waals surface area contributed by atoms with Gasteiger partial charge in [0.2, 0.25) is 0 Å². The van der Waals surface area contributed by atoms with E-state index in [4.69, 9.17) is 4.74 Å². The molecule has 4 nitrogen and oxygen atoms in total. The summed E-state index contributed by atoms with van der Waals surface area (Å²) >= 11 is 0. The van der Waals surface area contributed by atoms with E-state index in [1.807, 2.05) is 0 Å². The molecular formula is C39H56O4. The van der Waals surface area contributed by atoms with Crippen LogP contribution in [0.3, 0.4) is 0 Å². The van der Waals surface area contributed by atoms with Crippen molar-refractivity contribution in [1.29, 1.82) is 0 Å². The largest absolute Gasteiger partial charge is 0.481 e. The van der Waals surface area contributed by atoms with Gasteiger partial charge in [0.25, 0.3) is 0 Å². The lowest BCUT2D eigenvalue weighted by atomic mass is 9.31.